The van der Waals surface area contributed by atoms with Crippen molar-refractivity contribution < 1.29 is 9.18 Å². The Morgan fingerprint density at radius 1 is 1.35 bits per heavy atom. The minimum Gasteiger partial charge on any atom is -0.307 e. The molecule has 0 saturated heterocycles. The predicted molar refractivity (Wildman–Crippen MR) is 80.7 cm³/mol. The zero-order valence-electron chi connectivity index (χ0n) is 10.7. The average molecular weight is 335 g/mol. The summed E-state index contributed by atoms with van der Waals surface area (Å²) in [5.74, 6) is -0.275. The average Bonchev–Trinajstić information content (AvgIpc) is 2.40. The summed E-state index contributed by atoms with van der Waals surface area (Å²) >= 11 is 3.25. The van der Waals surface area contributed by atoms with Gasteiger partial charge in [0.1, 0.15) is 11.6 Å². The van der Waals surface area contributed by atoms with Crippen LogP contribution in [0.4, 0.5) is 10.2 Å². The summed E-state index contributed by atoms with van der Waals surface area (Å²) in [4.78, 5) is 15.7. The van der Waals surface area contributed by atoms with Crippen LogP contribution in [0.15, 0.2) is 47.1 Å². The Morgan fingerprint density at radius 2 is 2.15 bits per heavy atom. The smallest absolute Gasteiger partial charge is 0.249 e. The minimum atomic E-state index is -0.383. The SMILES string of the molecule is Cc1ccnc(NC(=O)/C=C/c2cc(Br)ccc2F)c1. The highest BCUT2D eigenvalue weighted by Gasteiger charge is 2.02. The van der Waals surface area contributed by atoms with Gasteiger partial charge in [0.15, 0.2) is 0 Å². The van der Waals surface area contributed by atoms with Gasteiger partial charge in [0.2, 0.25) is 5.91 Å². The molecule has 2 rings (SSSR count). The summed E-state index contributed by atoms with van der Waals surface area (Å²) in [6.07, 6.45) is 4.31. The molecule has 0 aliphatic heterocycles. The normalized spacial score (nSPS) is 10.8. The zero-order chi connectivity index (χ0) is 14.5. The molecule has 0 aliphatic rings. The highest BCUT2D eigenvalue weighted by atomic mass is 79.9. The summed E-state index contributed by atoms with van der Waals surface area (Å²) in [6, 6.07) is 8.13. The molecule has 5 heteroatoms. The fourth-order valence-corrected chi connectivity index (χ4v) is 1.96. The third kappa shape index (κ3) is 3.99. The summed E-state index contributed by atoms with van der Waals surface area (Å²) in [5.41, 5.74) is 1.34. The van der Waals surface area contributed by atoms with Crippen molar-refractivity contribution in [3.8, 4) is 0 Å². The van der Waals surface area contributed by atoms with Crippen LogP contribution in [0.1, 0.15) is 11.1 Å². The van der Waals surface area contributed by atoms with E-state index in [-0.39, 0.29) is 11.7 Å². The Hall–Kier alpha value is -2.01. The third-order valence-corrected chi connectivity index (χ3v) is 3.03. The van der Waals surface area contributed by atoms with E-state index in [9.17, 15) is 9.18 Å². The van der Waals surface area contributed by atoms with Gasteiger partial charge in [0.05, 0.1) is 0 Å². The molecule has 0 bridgehead atoms. The minimum absolute atomic E-state index is 0.340. The van der Waals surface area contributed by atoms with E-state index in [0.717, 1.165) is 10.0 Å². The van der Waals surface area contributed by atoms with Gasteiger partial charge in [-0.05, 0) is 48.9 Å². The number of carbonyl (C=O) groups excluding carboxylic acids is 1. The lowest BCUT2D eigenvalue weighted by atomic mass is 10.2. The molecule has 20 heavy (non-hydrogen) atoms. The highest BCUT2D eigenvalue weighted by molar-refractivity contribution is 9.10. The standard InChI is InChI=1S/C15H12BrFN2O/c1-10-6-7-18-14(8-10)19-15(20)5-2-11-9-12(16)3-4-13(11)17/h2-9H,1H3,(H,18,19,20)/b5-2+. The Bertz CT molecular complexity index is 671. The summed E-state index contributed by atoms with van der Waals surface area (Å²) in [6.45, 7) is 1.91. The summed E-state index contributed by atoms with van der Waals surface area (Å²) in [5, 5.41) is 2.62. The van der Waals surface area contributed by atoms with E-state index >= 15 is 0 Å². The molecule has 0 fully saturated rings. The van der Waals surface area contributed by atoms with Gasteiger partial charge in [-0.3, -0.25) is 4.79 Å². The van der Waals surface area contributed by atoms with Gasteiger partial charge in [-0.2, -0.15) is 0 Å². The van der Waals surface area contributed by atoms with Gasteiger partial charge >= 0.3 is 0 Å². The van der Waals surface area contributed by atoms with E-state index in [1.165, 1.54) is 18.2 Å². The molecule has 1 N–H and O–H groups in total. The Balaban J connectivity index is 2.07. The Labute approximate surface area is 124 Å². The van der Waals surface area contributed by atoms with Crippen molar-refractivity contribution in [2.45, 2.75) is 6.92 Å². The summed E-state index contributed by atoms with van der Waals surface area (Å²) in [7, 11) is 0. The van der Waals surface area contributed by atoms with Crippen molar-refractivity contribution in [3.05, 3.63) is 64.0 Å². The van der Waals surface area contributed by atoms with E-state index in [1.54, 1.807) is 24.4 Å². The number of pyridine rings is 1. The van der Waals surface area contributed by atoms with Crippen LogP contribution in [-0.2, 0) is 4.79 Å². The van der Waals surface area contributed by atoms with Gasteiger partial charge < -0.3 is 5.32 Å². The first-order valence-corrected chi connectivity index (χ1v) is 6.70. The van der Waals surface area contributed by atoms with E-state index in [0.29, 0.717) is 11.4 Å². The Kier molecular flexibility index (Phi) is 4.63. The van der Waals surface area contributed by atoms with Crippen molar-refractivity contribution in [2.75, 3.05) is 5.32 Å². The van der Waals surface area contributed by atoms with Gasteiger partial charge in [-0.1, -0.05) is 15.9 Å². The molecular weight excluding hydrogens is 323 g/mol. The van der Waals surface area contributed by atoms with Crippen LogP contribution >= 0.6 is 15.9 Å². The highest BCUT2D eigenvalue weighted by Crippen LogP contribution is 2.16. The maximum Gasteiger partial charge on any atom is 0.249 e. The second-order valence-electron chi connectivity index (χ2n) is 4.21. The lowest BCUT2D eigenvalue weighted by molar-refractivity contribution is -0.111. The zero-order valence-corrected chi connectivity index (χ0v) is 12.3. The molecule has 0 saturated carbocycles. The van der Waals surface area contributed by atoms with Crippen molar-refractivity contribution in [1.29, 1.82) is 0 Å². The number of aryl methyl sites for hydroxylation is 1. The maximum absolute atomic E-state index is 13.5. The number of hydrogen-bond acceptors (Lipinski definition) is 2. The number of amides is 1. The van der Waals surface area contributed by atoms with Crippen LogP contribution in [0.3, 0.4) is 0 Å². The summed E-state index contributed by atoms with van der Waals surface area (Å²) < 4.78 is 14.2. The first kappa shape index (κ1) is 14.4. The fourth-order valence-electron chi connectivity index (χ4n) is 1.58. The molecule has 1 heterocycles. The van der Waals surface area contributed by atoms with Crippen molar-refractivity contribution in [1.82, 2.24) is 4.98 Å². The number of nitrogens with zero attached hydrogens (tertiary/aromatic N) is 1. The number of nitrogens with one attached hydrogen (secondary N) is 1. The maximum atomic E-state index is 13.5. The number of benzene rings is 1. The molecule has 1 aromatic heterocycles. The molecule has 0 spiro atoms. The number of aromatic nitrogens is 1. The molecule has 0 radical (unpaired) electrons. The van der Waals surface area contributed by atoms with Gasteiger partial charge in [-0.25, -0.2) is 9.37 Å². The molecular formula is C15H12BrFN2O. The topological polar surface area (TPSA) is 42.0 Å². The van der Waals surface area contributed by atoms with Crippen LogP contribution in [-0.4, -0.2) is 10.9 Å². The lowest BCUT2D eigenvalue weighted by Crippen LogP contribution is -2.09. The lowest BCUT2D eigenvalue weighted by Gasteiger charge is -2.02. The largest absolute Gasteiger partial charge is 0.307 e. The Morgan fingerprint density at radius 3 is 2.90 bits per heavy atom. The predicted octanol–water partition coefficient (Wildman–Crippen LogP) is 3.94. The van der Waals surface area contributed by atoms with Crippen LogP contribution in [0.25, 0.3) is 6.08 Å². The van der Waals surface area contributed by atoms with E-state index in [4.69, 9.17) is 0 Å². The molecule has 102 valence electrons. The van der Waals surface area contributed by atoms with Gasteiger partial charge in [0, 0.05) is 22.3 Å². The van der Waals surface area contributed by atoms with Crippen molar-refractivity contribution in [3.63, 3.8) is 0 Å². The van der Waals surface area contributed by atoms with Crippen molar-refractivity contribution in [2.24, 2.45) is 0 Å². The molecule has 1 amide bonds. The quantitative estimate of drug-likeness (QED) is 0.863. The molecule has 1 aromatic carbocycles. The monoisotopic (exact) mass is 334 g/mol. The fraction of sp³-hybridized carbons (Fsp3) is 0.0667. The van der Waals surface area contributed by atoms with Crippen LogP contribution in [0, 0.1) is 12.7 Å². The van der Waals surface area contributed by atoms with Gasteiger partial charge in [0.25, 0.3) is 0 Å². The van der Waals surface area contributed by atoms with E-state index < -0.39 is 0 Å². The molecule has 0 atom stereocenters. The number of hydrogen-bond donors (Lipinski definition) is 1. The number of halogens is 2. The molecule has 0 unspecified atom stereocenters. The van der Waals surface area contributed by atoms with Gasteiger partial charge in [-0.15, -0.1) is 0 Å². The van der Waals surface area contributed by atoms with E-state index in [2.05, 4.69) is 26.2 Å². The number of carbonyl (C=O) groups is 1. The number of rotatable bonds is 3. The first-order valence-electron chi connectivity index (χ1n) is 5.91. The third-order valence-electron chi connectivity index (χ3n) is 2.54. The second kappa shape index (κ2) is 6.43. The molecule has 2 aromatic rings. The van der Waals surface area contributed by atoms with E-state index in [1.807, 2.05) is 13.0 Å². The first-order chi connectivity index (χ1) is 9.54. The van der Waals surface area contributed by atoms with Crippen LogP contribution < -0.4 is 5.32 Å². The van der Waals surface area contributed by atoms with Crippen LogP contribution in [0.5, 0.6) is 0 Å². The molecule has 0 aliphatic carbocycles. The van der Waals surface area contributed by atoms with Crippen molar-refractivity contribution >= 4 is 33.7 Å². The number of anilines is 1. The molecule has 3 nitrogen and oxygen atoms in total. The second-order valence-corrected chi connectivity index (χ2v) is 5.12. The van der Waals surface area contributed by atoms with Crippen LogP contribution in [0.2, 0.25) is 0 Å².